The molecule has 0 unspecified atom stereocenters. The minimum atomic E-state index is -4.52. The fourth-order valence-electron chi connectivity index (χ4n) is 2.21. The third-order valence-corrected chi connectivity index (χ3v) is 4.15. The predicted molar refractivity (Wildman–Crippen MR) is 86.9 cm³/mol. The third-order valence-electron chi connectivity index (χ3n) is 3.31. The molecular weight excluding hydrogens is 314 g/mol. The third kappa shape index (κ3) is 3.20. The van der Waals surface area contributed by atoms with Gasteiger partial charge in [-0.15, -0.1) is 5.11 Å². The highest BCUT2D eigenvalue weighted by atomic mass is 32.2. The maximum atomic E-state index is 11.0. The Bertz CT molecular complexity index is 1010. The highest BCUT2D eigenvalue weighted by Crippen LogP contribution is 2.31. The summed E-state index contributed by atoms with van der Waals surface area (Å²) >= 11 is 0. The summed E-state index contributed by atoms with van der Waals surface area (Å²) in [6, 6.07) is 16.4. The molecule has 0 spiro atoms. The first-order chi connectivity index (χ1) is 10.9. The molecule has 3 aromatic carbocycles. The smallest absolute Gasteiger partial charge is 0.124 e. The first-order valence-corrected chi connectivity index (χ1v) is 8.11. The molecule has 6 nitrogen and oxygen atoms in total. The predicted octanol–water partition coefficient (Wildman–Crippen LogP) is 3.74. The van der Waals surface area contributed by atoms with E-state index in [-0.39, 0.29) is 10.6 Å². The summed E-state index contributed by atoms with van der Waals surface area (Å²) in [5, 5.41) is 9.85. The van der Waals surface area contributed by atoms with Crippen molar-refractivity contribution in [1.29, 1.82) is 0 Å². The molecule has 0 saturated heterocycles. The van der Waals surface area contributed by atoms with Gasteiger partial charge in [0.1, 0.15) is 10.1 Å². The molecule has 116 valence electrons. The lowest BCUT2D eigenvalue weighted by Crippen LogP contribution is -1.97. The molecule has 0 radical (unpaired) electrons. The Morgan fingerprint density at radius 3 is 2.35 bits per heavy atom. The fourth-order valence-corrected chi connectivity index (χ4v) is 2.72. The van der Waals surface area contributed by atoms with Gasteiger partial charge in [-0.3, -0.25) is 0 Å². The molecule has 0 aliphatic rings. The summed E-state index contributed by atoms with van der Waals surface area (Å²) in [7, 11) is -4.52. The number of nitrogens with zero attached hydrogens (tertiary/aromatic N) is 2. The van der Waals surface area contributed by atoms with E-state index in [4.69, 9.17) is 5.73 Å². The number of fused-ring (bicyclic) bond motifs is 1. The van der Waals surface area contributed by atoms with E-state index < -0.39 is 10.1 Å². The zero-order valence-corrected chi connectivity index (χ0v) is 12.7. The average molecular weight is 326 g/mol. The van der Waals surface area contributed by atoms with Gasteiger partial charge in [-0.2, -0.15) is 5.11 Å². The molecule has 7 heteroatoms. The van der Waals surface area contributed by atoms with Crippen LogP contribution in [0.2, 0.25) is 0 Å². The summed E-state index contributed by atoms with van der Waals surface area (Å²) in [5.74, 6) is 0. The van der Waals surface area contributed by atoms with Crippen molar-refractivity contribution in [2.75, 3.05) is 5.73 Å². The van der Waals surface area contributed by atoms with Crippen molar-refractivity contribution in [3.8, 4) is 0 Å². The normalized spacial score (nSPS) is 12.0. The van der Waals surface area contributed by atoms with Gasteiger partial charge in [0.15, 0.2) is 0 Å². The Morgan fingerprint density at radius 1 is 0.870 bits per heavy atom. The number of nitrogens with two attached hydrogens (primary N) is 1. The lowest BCUT2D eigenvalue weighted by molar-refractivity contribution is 0.463. The average Bonchev–Trinajstić information content (AvgIpc) is 2.54. The maximum absolute atomic E-state index is 11.0. The van der Waals surface area contributed by atoms with Gasteiger partial charge in [-0.25, -0.2) is 8.42 Å². The van der Waals surface area contributed by atoms with Crippen LogP contribution in [0.4, 0.5) is 17.1 Å². The second-order valence-corrected chi connectivity index (χ2v) is 6.25. The summed E-state index contributed by atoms with van der Waals surface area (Å²) in [6.45, 7) is 0. The summed E-state index contributed by atoms with van der Waals surface area (Å²) in [4.78, 5) is -0.337. The molecule has 0 saturated carbocycles. The quantitative estimate of drug-likeness (QED) is 0.449. The van der Waals surface area contributed by atoms with E-state index in [9.17, 15) is 13.0 Å². The molecule has 0 aliphatic carbocycles. The van der Waals surface area contributed by atoms with Crippen molar-refractivity contribution in [2.45, 2.75) is 4.90 Å². The van der Waals surface area contributed by atoms with Crippen LogP contribution < -0.4 is 5.73 Å². The Morgan fingerprint density at radius 2 is 1.61 bits per heavy atom. The van der Waals surface area contributed by atoms with Gasteiger partial charge in [0.25, 0.3) is 0 Å². The van der Waals surface area contributed by atoms with Crippen LogP contribution in [0.15, 0.2) is 75.8 Å². The molecule has 0 bridgehead atoms. The van der Waals surface area contributed by atoms with E-state index in [1.807, 2.05) is 24.3 Å². The van der Waals surface area contributed by atoms with Crippen LogP contribution in [0.25, 0.3) is 10.8 Å². The Kier molecular flexibility index (Phi) is 3.81. The van der Waals surface area contributed by atoms with Crippen LogP contribution in [0, 0.1) is 0 Å². The SMILES string of the molecule is Nc1ccc(N=Nc2cccc(S(=O)(=O)[O-])c2)c2ccccc12. The van der Waals surface area contributed by atoms with Crippen molar-refractivity contribution in [3.05, 3.63) is 60.7 Å². The summed E-state index contributed by atoms with van der Waals surface area (Å²) < 4.78 is 33.1. The first kappa shape index (κ1) is 15.1. The fraction of sp³-hybridized carbons (Fsp3) is 0. The Hall–Kier alpha value is -2.77. The zero-order chi connectivity index (χ0) is 16.4. The number of rotatable bonds is 3. The largest absolute Gasteiger partial charge is 0.744 e. The second-order valence-electron chi connectivity index (χ2n) is 4.87. The van der Waals surface area contributed by atoms with Crippen molar-refractivity contribution in [1.82, 2.24) is 0 Å². The topological polar surface area (TPSA) is 108 Å². The molecule has 3 rings (SSSR count). The lowest BCUT2D eigenvalue weighted by Gasteiger charge is -2.06. The highest BCUT2D eigenvalue weighted by Gasteiger charge is 2.04. The molecule has 0 atom stereocenters. The molecule has 3 aromatic rings. The zero-order valence-electron chi connectivity index (χ0n) is 11.9. The van der Waals surface area contributed by atoms with Crippen LogP contribution >= 0.6 is 0 Å². The monoisotopic (exact) mass is 326 g/mol. The van der Waals surface area contributed by atoms with Gasteiger partial charge in [-0.05, 0) is 30.3 Å². The highest BCUT2D eigenvalue weighted by molar-refractivity contribution is 7.85. The standard InChI is InChI=1S/C16H13N3O3S/c17-15-8-9-16(14-7-2-1-6-13(14)15)19-18-11-4-3-5-12(10-11)23(20,21)22/h1-10H,17H2,(H,20,21,22)/p-1. The van der Waals surface area contributed by atoms with Crippen LogP contribution in [0.3, 0.4) is 0 Å². The summed E-state index contributed by atoms with van der Waals surface area (Å²) in [6.07, 6.45) is 0. The van der Waals surface area contributed by atoms with Crippen molar-refractivity contribution in [3.63, 3.8) is 0 Å². The van der Waals surface area contributed by atoms with E-state index >= 15 is 0 Å². The van der Waals surface area contributed by atoms with E-state index in [0.29, 0.717) is 11.4 Å². The second kappa shape index (κ2) is 5.79. The van der Waals surface area contributed by atoms with E-state index in [0.717, 1.165) is 10.8 Å². The molecule has 0 fully saturated rings. The number of nitrogen functional groups attached to an aromatic ring is 1. The van der Waals surface area contributed by atoms with Gasteiger partial charge < -0.3 is 10.3 Å². The van der Waals surface area contributed by atoms with Gasteiger partial charge in [0.05, 0.1) is 16.3 Å². The Labute approximate surface area is 133 Å². The number of azo groups is 1. The van der Waals surface area contributed by atoms with Gasteiger partial charge in [0, 0.05) is 16.5 Å². The number of hydrogen-bond acceptors (Lipinski definition) is 6. The van der Waals surface area contributed by atoms with Crippen molar-refractivity contribution < 1.29 is 13.0 Å². The molecule has 0 aliphatic heterocycles. The van der Waals surface area contributed by atoms with Crippen LogP contribution in [-0.4, -0.2) is 13.0 Å². The summed E-state index contributed by atoms with van der Waals surface area (Å²) in [5.41, 5.74) is 7.45. The van der Waals surface area contributed by atoms with Gasteiger partial charge in [0.2, 0.25) is 0 Å². The first-order valence-electron chi connectivity index (χ1n) is 6.70. The lowest BCUT2D eigenvalue weighted by atomic mass is 10.1. The van der Waals surface area contributed by atoms with E-state index in [1.165, 1.54) is 18.2 Å². The molecule has 2 N–H and O–H groups in total. The number of hydrogen-bond donors (Lipinski definition) is 1. The van der Waals surface area contributed by atoms with Crippen LogP contribution in [0.5, 0.6) is 0 Å². The Balaban J connectivity index is 2.03. The van der Waals surface area contributed by atoms with E-state index in [2.05, 4.69) is 10.2 Å². The number of benzene rings is 3. The molecule has 0 aromatic heterocycles. The van der Waals surface area contributed by atoms with Gasteiger partial charge >= 0.3 is 0 Å². The number of anilines is 1. The van der Waals surface area contributed by atoms with E-state index in [1.54, 1.807) is 18.2 Å². The minimum Gasteiger partial charge on any atom is -0.744 e. The molecule has 0 amide bonds. The van der Waals surface area contributed by atoms with Crippen molar-refractivity contribution in [2.24, 2.45) is 10.2 Å². The van der Waals surface area contributed by atoms with Crippen LogP contribution in [0.1, 0.15) is 0 Å². The van der Waals surface area contributed by atoms with Crippen LogP contribution in [-0.2, 0) is 10.1 Å². The van der Waals surface area contributed by atoms with Gasteiger partial charge in [-0.1, -0.05) is 30.3 Å². The molecular formula is C16H12N3O3S-. The maximum Gasteiger partial charge on any atom is 0.124 e. The molecule has 23 heavy (non-hydrogen) atoms. The van der Waals surface area contributed by atoms with Crippen molar-refractivity contribution >= 4 is 38.0 Å². The molecule has 0 heterocycles. The minimum absolute atomic E-state index is 0.280.